The van der Waals surface area contributed by atoms with Gasteiger partial charge in [-0.3, -0.25) is 5.10 Å². The van der Waals surface area contributed by atoms with Gasteiger partial charge in [0, 0.05) is 23.1 Å². The van der Waals surface area contributed by atoms with Crippen molar-refractivity contribution in [1.29, 1.82) is 0 Å². The minimum atomic E-state index is -0.261. The Hall–Kier alpha value is -2.04. The number of rotatable bonds is 1. The molecule has 1 aromatic carbocycles. The molecule has 2 heterocycles. The third-order valence-electron chi connectivity index (χ3n) is 2.77. The summed E-state index contributed by atoms with van der Waals surface area (Å²) in [5.41, 5.74) is 7.35. The number of nitrogens with zero attached hydrogens (tertiary/aromatic N) is 1. The highest BCUT2D eigenvalue weighted by Gasteiger charge is 2.21. The molecule has 16 heavy (non-hydrogen) atoms. The summed E-state index contributed by atoms with van der Waals surface area (Å²) in [5.74, 6) is 0.740. The van der Waals surface area contributed by atoms with Crippen molar-refractivity contribution in [2.75, 3.05) is 12.3 Å². The number of nitrogens with two attached hydrogens (primary N) is 1. The highest BCUT2D eigenvalue weighted by atomic mass is 19.1. The highest BCUT2D eigenvalue weighted by Crippen LogP contribution is 2.35. The van der Waals surface area contributed by atoms with Crippen molar-refractivity contribution in [2.24, 2.45) is 0 Å². The molecule has 0 aliphatic carbocycles. The van der Waals surface area contributed by atoms with Crippen molar-refractivity contribution in [2.45, 2.75) is 6.42 Å². The van der Waals surface area contributed by atoms with E-state index in [0.29, 0.717) is 41.3 Å². The molecule has 5 heteroatoms. The van der Waals surface area contributed by atoms with Crippen LogP contribution in [-0.2, 0) is 6.42 Å². The Balaban J connectivity index is 2.20. The second kappa shape index (κ2) is 3.23. The van der Waals surface area contributed by atoms with Crippen LogP contribution in [-0.4, -0.2) is 16.8 Å². The molecule has 0 spiro atoms. The molecule has 2 aromatic rings. The van der Waals surface area contributed by atoms with Gasteiger partial charge in [0.1, 0.15) is 17.4 Å². The van der Waals surface area contributed by atoms with Gasteiger partial charge < -0.3 is 10.5 Å². The normalized spacial score (nSPS) is 13.6. The molecule has 0 saturated carbocycles. The lowest BCUT2D eigenvalue weighted by Gasteiger charge is -2.05. The summed E-state index contributed by atoms with van der Waals surface area (Å²) in [7, 11) is 0. The van der Waals surface area contributed by atoms with E-state index >= 15 is 0 Å². The summed E-state index contributed by atoms with van der Waals surface area (Å²) >= 11 is 0. The average Bonchev–Trinajstić information content (AvgIpc) is 2.88. The van der Waals surface area contributed by atoms with Crippen LogP contribution in [0.25, 0.3) is 11.1 Å². The lowest BCUT2D eigenvalue weighted by molar-refractivity contribution is 0.357. The zero-order valence-corrected chi connectivity index (χ0v) is 8.46. The Morgan fingerprint density at radius 2 is 2.25 bits per heavy atom. The number of halogens is 1. The van der Waals surface area contributed by atoms with E-state index < -0.39 is 0 Å². The van der Waals surface area contributed by atoms with E-state index in [1.807, 2.05) is 0 Å². The largest absolute Gasteiger partial charge is 0.493 e. The monoisotopic (exact) mass is 219 g/mol. The topological polar surface area (TPSA) is 63.9 Å². The number of hydrogen-bond donors (Lipinski definition) is 2. The van der Waals surface area contributed by atoms with Gasteiger partial charge in [0.2, 0.25) is 0 Å². The van der Waals surface area contributed by atoms with Crippen molar-refractivity contribution in [3.05, 3.63) is 29.7 Å². The summed E-state index contributed by atoms with van der Waals surface area (Å²) in [5, 5.41) is 6.38. The maximum absolute atomic E-state index is 14.1. The van der Waals surface area contributed by atoms with Crippen LogP contribution in [0.5, 0.6) is 5.75 Å². The van der Waals surface area contributed by atoms with Crippen molar-refractivity contribution in [1.82, 2.24) is 10.2 Å². The molecule has 1 aliphatic heterocycles. The summed E-state index contributed by atoms with van der Waals surface area (Å²) in [6.45, 7) is 0.538. The fourth-order valence-electron chi connectivity index (χ4n) is 1.95. The lowest BCUT2D eigenvalue weighted by atomic mass is 10.0. The molecule has 0 atom stereocenters. The third kappa shape index (κ3) is 1.18. The number of ether oxygens (including phenoxy) is 1. The first-order valence-electron chi connectivity index (χ1n) is 5.01. The van der Waals surface area contributed by atoms with Gasteiger partial charge in [0.25, 0.3) is 0 Å². The number of hydrogen-bond acceptors (Lipinski definition) is 3. The van der Waals surface area contributed by atoms with Crippen LogP contribution in [0.2, 0.25) is 0 Å². The molecule has 0 bridgehead atoms. The van der Waals surface area contributed by atoms with Crippen LogP contribution < -0.4 is 10.5 Å². The van der Waals surface area contributed by atoms with E-state index in [0.717, 1.165) is 0 Å². The predicted octanol–water partition coefficient (Wildman–Crippen LogP) is 1.73. The maximum Gasteiger partial charge on any atom is 0.138 e. The smallest absolute Gasteiger partial charge is 0.138 e. The first-order chi connectivity index (χ1) is 7.77. The van der Waals surface area contributed by atoms with E-state index in [2.05, 4.69) is 10.2 Å². The number of anilines is 1. The number of fused-ring (bicyclic) bond motifs is 1. The van der Waals surface area contributed by atoms with Crippen molar-refractivity contribution in [3.63, 3.8) is 0 Å². The first kappa shape index (κ1) is 9.21. The second-order valence-electron chi connectivity index (χ2n) is 3.70. The molecule has 0 fully saturated rings. The molecule has 4 nitrogen and oxygen atoms in total. The average molecular weight is 219 g/mol. The number of nitrogen functional groups attached to an aromatic ring is 1. The molecule has 1 aromatic heterocycles. The minimum Gasteiger partial charge on any atom is -0.493 e. The van der Waals surface area contributed by atoms with Gasteiger partial charge in [-0.15, -0.1) is 0 Å². The number of H-pyrrole nitrogens is 1. The van der Waals surface area contributed by atoms with Gasteiger partial charge >= 0.3 is 0 Å². The number of aromatic amines is 1. The van der Waals surface area contributed by atoms with E-state index in [9.17, 15) is 4.39 Å². The number of nitrogens with one attached hydrogen (secondary N) is 1. The van der Waals surface area contributed by atoms with Gasteiger partial charge in [-0.25, -0.2) is 4.39 Å². The second-order valence-corrected chi connectivity index (χ2v) is 3.70. The summed E-state index contributed by atoms with van der Waals surface area (Å²) in [6.07, 6.45) is 2.13. The standard InChI is InChI=1S/C11H10FN3O/c12-10-6(8-5-14-15-11(8)13)1-2-9-7(10)3-4-16-9/h1-2,5H,3-4H2,(H3,13,14,15). The van der Waals surface area contributed by atoms with Crippen molar-refractivity contribution < 1.29 is 9.13 Å². The van der Waals surface area contributed by atoms with E-state index in [-0.39, 0.29) is 5.82 Å². The van der Waals surface area contributed by atoms with Crippen molar-refractivity contribution >= 4 is 5.82 Å². The zero-order valence-electron chi connectivity index (χ0n) is 8.46. The summed E-state index contributed by atoms with van der Waals surface area (Å²) in [4.78, 5) is 0. The Labute approximate surface area is 91.2 Å². The van der Waals surface area contributed by atoms with Gasteiger partial charge in [0.05, 0.1) is 12.8 Å². The SMILES string of the molecule is Nc1[nH]ncc1-c1ccc2c(c1F)CCO2. The summed E-state index contributed by atoms with van der Waals surface area (Å²) < 4.78 is 19.4. The van der Waals surface area contributed by atoms with E-state index in [1.54, 1.807) is 12.1 Å². The molecule has 0 radical (unpaired) electrons. The van der Waals surface area contributed by atoms with Crippen LogP contribution in [0.3, 0.4) is 0 Å². The fraction of sp³-hybridized carbons (Fsp3) is 0.182. The molecule has 3 N–H and O–H groups in total. The molecule has 0 unspecified atom stereocenters. The van der Waals surface area contributed by atoms with Crippen LogP contribution in [0.15, 0.2) is 18.3 Å². The Morgan fingerprint density at radius 3 is 3.00 bits per heavy atom. The summed E-state index contributed by atoms with van der Waals surface area (Å²) in [6, 6.07) is 3.44. The zero-order chi connectivity index (χ0) is 11.1. The molecular formula is C11H10FN3O. The number of benzene rings is 1. The van der Waals surface area contributed by atoms with Gasteiger partial charge in [-0.05, 0) is 12.1 Å². The Kier molecular flexibility index (Phi) is 1.86. The highest BCUT2D eigenvalue weighted by molar-refractivity contribution is 5.75. The maximum atomic E-state index is 14.1. The molecule has 0 saturated heterocycles. The third-order valence-corrected chi connectivity index (χ3v) is 2.77. The Bertz CT molecular complexity index is 550. The van der Waals surface area contributed by atoms with Gasteiger partial charge in [0.15, 0.2) is 0 Å². The Morgan fingerprint density at radius 1 is 1.38 bits per heavy atom. The van der Waals surface area contributed by atoms with Crippen LogP contribution in [0.1, 0.15) is 5.56 Å². The minimum absolute atomic E-state index is 0.261. The molecule has 3 rings (SSSR count). The van der Waals surface area contributed by atoms with E-state index in [4.69, 9.17) is 10.5 Å². The van der Waals surface area contributed by atoms with Gasteiger partial charge in [-0.1, -0.05) is 0 Å². The van der Waals surface area contributed by atoms with E-state index in [1.165, 1.54) is 6.20 Å². The van der Waals surface area contributed by atoms with Gasteiger partial charge in [-0.2, -0.15) is 5.10 Å². The quantitative estimate of drug-likeness (QED) is 0.767. The fourth-order valence-corrected chi connectivity index (χ4v) is 1.95. The molecule has 0 amide bonds. The lowest BCUT2D eigenvalue weighted by Crippen LogP contribution is -1.93. The first-order valence-corrected chi connectivity index (χ1v) is 5.01. The number of aromatic nitrogens is 2. The van der Waals surface area contributed by atoms with Crippen LogP contribution in [0.4, 0.5) is 10.2 Å². The van der Waals surface area contributed by atoms with Crippen molar-refractivity contribution in [3.8, 4) is 16.9 Å². The molecule has 82 valence electrons. The van der Waals surface area contributed by atoms with Crippen LogP contribution >= 0.6 is 0 Å². The predicted molar refractivity (Wildman–Crippen MR) is 57.6 cm³/mol. The van der Waals surface area contributed by atoms with Crippen LogP contribution in [0, 0.1) is 5.82 Å². The molecular weight excluding hydrogens is 209 g/mol. The molecule has 1 aliphatic rings.